The highest BCUT2D eigenvalue weighted by molar-refractivity contribution is 7.80. The van der Waals surface area contributed by atoms with E-state index in [9.17, 15) is 0 Å². The van der Waals surface area contributed by atoms with E-state index in [4.69, 9.17) is 12.2 Å². The Morgan fingerprint density at radius 1 is 1.37 bits per heavy atom. The monoisotopic (exact) mass is 275 g/mol. The molecule has 102 valence electrons. The van der Waals surface area contributed by atoms with Crippen molar-refractivity contribution >= 4 is 23.0 Å². The summed E-state index contributed by atoms with van der Waals surface area (Å²) < 4.78 is 0. The molecule has 2 rings (SSSR count). The molecular formula is C15H21N3S. The molecule has 19 heavy (non-hydrogen) atoms. The quantitative estimate of drug-likeness (QED) is 0.657. The van der Waals surface area contributed by atoms with Crippen LogP contribution in [0.25, 0.3) is 0 Å². The van der Waals surface area contributed by atoms with Crippen molar-refractivity contribution < 1.29 is 0 Å². The van der Waals surface area contributed by atoms with E-state index in [2.05, 4.69) is 34.9 Å². The summed E-state index contributed by atoms with van der Waals surface area (Å²) in [4.78, 5) is 0. The van der Waals surface area contributed by atoms with Crippen molar-refractivity contribution in [1.29, 1.82) is 0 Å². The van der Waals surface area contributed by atoms with Crippen molar-refractivity contribution in [3.8, 4) is 0 Å². The average Bonchev–Trinajstić information content (AvgIpc) is 2.44. The number of nitrogens with one attached hydrogen (secondary N) is 2. The smallest absolute Gasteiger partial charge is 0.187 e. The average molecular weight is 275 g/mol. The predicted octanol–water partition coefficient (Wildman–Crippen LogP) is 3.22. The summed E-state index contributed by atoms with van der Waals surface area (Å²) in [6.45, 7) is 3.01. The zero-order valence-electron chi connectivity index (χ0n) is 11.4. The Balaban J connectivity index is 1.74. The highest BCUT2D eigenvalue weighted by Gasteiger charge is 2.13. The molecule has 0 saturated heterocycles. The summed E-state index contributed by atoms with van der Waals surface area (Å²) >= 11 is 5.22. The molecule has 1 fully saturated rings. The van der Waals surface area contributed by atoms with Gasteiger partial charge in [-0.25, -0.2) is 0 Å². The molecule has 0 radical (unpaired) electrons. The summed E-state index contributed by atoms with van der Waals surface area (Å²) in [5.41, 5.74) is 5.40. The molecule has 1 aromatic carbocycles. The summed E-state index contributed by atoms with van der Waals surface area (Å²) in [5, 5.41) is 8.16. The molecule has 3 nitrogen and oxygen atoms in total. The number of hydrazone groups is 1. The van der Waals surface area contributed by atoms with E-state index in [1.54, 1.807) is 0 Å². The van der Waals surface area contributed by atoms with Gasteiger partial charge in [-0.2, -0.15) is 5.10 Å². The van der Waals surface area contributed by atoms with Gasteiger partial charge in [-0.15, -0.1) is 0 Å². The van der Waals surface area contributed by atoms with Gasteiger partial charge >= 0.3 is 0 Å². The molecule has 4 heteroatoms. The van der Waals surface area contributed by atoms with Gasteiger partial charge in [0.1, 0.15) is 0 Å². The number of thiocarbonyl (C=S) groups is 1. The van der Waals surface area contributed by atoms with Gasteiger partial charge in [0.15, 0.2) is 5.11 Å². The molecule has 0 bridgehead atoms. The standard InChI is InChI=1S/C15H21N3S/c1-12-6-5-9-14(10-12)17-18-15(19)16-11-13-7-3-2-4-8-13/h2-4,7-8,12H,5-6,9-11H2,1H3,(H2,16,18,19)/b17-14-. The molecule has 1 aromatic rings. The molecule has 2 N–H and O–H groups in total. The Morgan fingerprint density at radius 2 is 2.16 bits per heavy atom. The van der Waals surface area contributed by atoms with Gasteiger partial charge in [0.2, 0.25) is 0 Å². The number of benzene rings is 1. The zero-order chi connectivity index (χ0) is 13.5. The van der Waals surface area contributed by atoms with Gasteiger partial charge in [-0.05, 0) is 49.4 Å². The van der Waals surface area contributed by atoms with Crippen LogP contribution in [0.2, 0.25) is 0 Å². The first-order valence-electron chi connectivity index (χ1n) is 6.87. The molecule has 1 saturated carbocycles. The summed E-state index contributed by atoms with van der Waals surface area (Å²) in [7, 11) is 0. The van der Waals surface area contributed by atoms with Crippen LogP contribution in [0, 0.1) is 5.92 Å². The number of rotatable bonds is 3. The van der Waals surface area contributed by atoms with Gasteiger partial charge in [0.25, 0.3) is 0 Å². The van der Waals surface area contributed by atoms with Crippen molar-refractivity contribution in [2.45, 2.75) is 39.2 Å². The van der Waals surface area contributed by atoms with E-state index < -0.39 is 0 Å². The normalized spacial score (nSPS) is 21.1. The molecule has 1 atom stereocenters. The molecule has 0 heterocycles. The van der Waals surface area contributed by atoms with E-state index in [1.165, 1.54) is 24.1 Å². The van der Waals surface area contributed by atoms with Gasteiger partial charge in [0.05, 0.1) is 0 Å². The summed E-state index contributed by atoms with van der Waals surface area (Å²) in [6, 6.07) is 10.2. The van der Waals surface area contributed by atoms with E-state index in [-0.39, 0.29) is 0 Å². The molecule has 1 aliphatic carbocycles. The second kappa shape index (κ2) is 7.24. The first kappa shape index (κ1) is 14.0. The topological polar surface area (TPSA) is 36.4 Å². The highest BCUT2D eigenvalue weighted by atomic mass is 32.1. The SMILES string of the molecule is CC1CCC/C(=N/NC(=S)NCc2ccccc2)C1. The fourth-order valence-corrected chi connectivity index (χ4v) is 2.43. The lowest BCUT2D eigenvalue weighted by atomic mass is 9.89. The predicted molar refractivity (Wildman–Crippen MR) is 84.1 cm³/mol. The Hall–Kier alpha value is -1.42. The third kappa shape index (κ3) is 4.99. The Bertz CT molecular complexity index is 442. The molecular weight excluding hydrogens is 254 g/mol. The largest absolute Gasteiger partial charge is 0.357 e. The first-order valence-corrected chi connectivity index (χ1v) is 7.28. The lowest BCUT2D eigenvalue weighted by molar-refractivity contribution is 0.498. The van der Waals surface area contributed by atoms with Crippen LogP contribution in [-0.2, 0) is 6.54 Å². The molecule has 1 aliphatic rings. The Morgan fingerprint density at radius 3 is 2.89 bits per heavy atom. The van der Waals surface area contributed by atoms with Crippen molar-refractivity contribution in [1.82, 2.24) is 10.7 Å². The second-order valence-corrected chi connectivity index (χ2v) is 5.57. The maximum absolute atomic E-state index is 5.22. The van der Waals surface area contributed by atoms with Crippen LogP contribution in [0.3, 0.4) is 0 Å². The van der Waals surface area contributed by atoms with Crippen LogP contribution in [0.15, 0.2) is 35.4 Å². The number of nitrogens with zero attached hydrogens (tertiary/aromatic N) is 1. The Kier molecular flexibility index (Phi) is 5.33. The van der Waals surface area contributed by atoms with Gasteiger partial charge in [-0.1, -0.05) is 37.3 Å². The van der Waals surface area contributed by atoms with E-state index >= 15 is 0 Å². The van der Waals surface area contributed by atoms with Crippen molar-refractivity contribution in [3.05, 3.63) is 35.9 Å². The molecule has 0 aromatic heterocycles. The summed E-state index contributed by atoms with van der Waals surface area (Å²) in [6.07, 6.45) is 4.74. The van der Waals surface area contributed by atoms with E-state index in [1.807, 2.05) is 18.2 Å². The molecule has 0 aliphatic heterocycles. The molecule has 0 spiro atoms. The summed E-state index contributed by atoms with van der Waals surface area (Å²) in [5.74, 6) is 0.750. The number of hydrogen-bond donors (Lipinski definition) is 2. The van der Waals surface area contributed by atoms with Crippen LogP contribution in [0.4, 0.5) is 0 Å². The number of hydrogen-bond acceptors (Lipinski definition) is 2. The zero-order valence-corrected chi connectivity index (χ0v) is 12.2. The van der Waals surface area contributed by atoms with Gasteiger partial charge in [-0.3, -0.25) is 5.43 Å². The highest BCUT2D eigenvalue weighted by Crippen LogP contribution is 2.20. The van der Waals surface area contributed by atoms with Crippen molar-refractivity contribution in [2.24, 2.45) is 11.0 Å². The van der Waals surface area contributed by atoms with Crippen LogP contribution in [0.1, 0.15) is 38.2 Å². The van der Waals surface area contributed by atoms with Crippen LogP contribution < -0.4 is 10.7 Å². The van der Waals surface area contributed by atoms with E-state index in [0.717, 1.165) is 25.3 Å². The third-order valence-corrected chi connectivity index (χ3v) is 3.59. The van der Waals surface area contributed by atoms with Gasteiger partial charge < -0.3 is 5.32 Å². The third-order valence-electron chi connectivity index (χ3n) is 3.36. The lowest BCUT2D eigenvalue weighted by Crippen LogP contribution is -2.32. The van der Waals surface area contributed by atoms with Crippen LogP contribution in [0.5, 0.6) is 0 Å². The van der Waals surface area contributed by atoms with Crippen molar-refractivity contribution in [3.63, 3.8) is 0 Å². The molecule has 0 amide bonds. The maximum Gasteiger partial charge on any atom is 0.187 e. The minimum absolute atomic E-state index is 0.592. The van der Waals surface area contributed by atoms with Crippen molar-refractivity contribution in [2.75, 3.05) is 0 Å². The molecule has 1 unspecified atom stereocenters. The van der Waals surface area contributed by atoms with E-state index in [0.29, 0.717) is 5.11 Å². The fraction of sp³-hybridized carbons (Fsp3) is 0.467. The van der Waals surface area contributed by atoms with Crippen LogP contribution >= 0.6 is 12.2 Å². The first-order chi connectivity index (χ1) is 9.24. The lowest BCUT2D eigenvalue weighted by Gasteiger charge is -2.19. The van der Waals surface area contributed by atoms with Gasteiger partial charge in [0, 0.05) is 12.3 Å². The Labute approximate surface area is 120 Å². The minimum atomic E-state index is 0.592. The fourth-order valence-electron chi connectivity index (χ4n) is 2.31. The second-order valence-electron chi connectivity index (χ2n) is 5.16. The maximum atomic E-state index is 5.22. The minimum Gasteiger partial charge on any atom is -0.357 e. The van der Waals surface area contributed by atoms with Crippen LogP contribution in [-0.4, -0.2) is 10.8 Å².